The summed E-state index contributed by atoms with van der Waals surface area (Å²) >= 11 is 1.46. The molecule has 0 radical (unpaired) electrons. The van der Waals surface area contributed by atoms with Gasteiger partial charge < -0.3 is 9.72 Å². The molecule has 1 atom stereocenters. The van der Waals surface area contributed by atoms with Crippen LogP contribution < -0.4 is 10.5 Å². The predicted molar refractivity (Wildman–Crippen MR) is 112 cm³/mol. The minimum absolute atomic E-state index is 0.0912. The number of anilines is 1. The van der Waals surface area contributed by atoms with Crippen LogP contribution in [0.2, 0.25) is 0 Å². The lowest BCUT2D eigenvalue weighted by Gasteiger charge is -2.33. The highest BCUT2D eigenvalue weighted by atomic mass is 32.1. The second-order valence-corrected chi connectivity index (χ2v) is 7.81. The fourth-order valence-corrected chi connectivity index (χ4v) is 4.31. The van der Waals surface area contributed by atoms with Crippen LogP contribution in [-0.4, -0.2) is 58.1 Å². The van der Waals surface area contributed by atoms with Crippen molar-refractivity contribution in [3.05, 3.63) is 51.5 Å². The van der Waals surface area contributed by atoms with E-state index in [4.69, 9.17) is 4.74 Å². The number of thiazole rings is 1. The summed E-state index contributed by atoms with van der Waals surface area (Å²) in [6.07, 6.45) is -0.569. The maximum atomic E-state index is 13.0. The molecule has 0 aliphatic carbocycles. The summed E-state index contributed by atoms with van der Waals surface area (Å²) in [5.74, 6) is 0.496. The van der Waals surface area contributed by atoms with E-state index in [2.05, 4.69) is 19.9 Å². The molecule has 152 valence electrons. The van der Waals surface area contributed by atoms with Gasteiger partial charge in [0.2, 0.25) is 0 Å². The summed E-state index contributed by atoms with van der Waals surface area (Å²) in [6, 6.07) is 7.27. The zero-order chi connectivity index (χ0) is 20.4. The van der Waals surface area contributed by atoms with E-state index >= 15 is 0 Å². The highest BCUT2D eigenvalue weighted by molar-refractivity contribution is 7.14. The number of aromatic amines is 1. The molecule has 1 amide bonds. The van der Waals surface area contributed by atoms with Crippen molar-refractivity contribution < 1.29 is 9.53 Å². The average Bonchev–Trinajstić information content (AvgIpc) is 3.14. The monoisotopic (exact) mass is 413 g/mol. The van der Waals surface area contributed by atoms with Crippen LogP contribution in [0.15, 0.2) is 34.4 Å². The van der Waals surface area contributed by atoms with E-state index in [-0.39, 0.29) is 11.5 Å². The molecule has 4 rings (SSSR count). The second kappa shape index (κ2) is 8.40. The quantitative estimate of drug-likeness (QED) is 0.687. The molecule has 0 bridgehead atoms. The van der Waals surface area contributed by atoms with Crippen LogP contribution in [0.4, 0.5) is 5.13 Å². The number of H-pyrrole nitrogens is 1. The minimum atomic E-state index is -0.569. The number of nitrogens with zero attached hydrogens (tertiary/aromatic N) is 4. The van der Waals surface area contributed by atoms with Gasteiger partial charge in [-0.15, -0.1) is 11.3 Å². The Bertz CT molecular complexity index is 1080. The first-order chi connectivity index (χ1) is 14.0. The number of ether oxygens (including phenoxy) is 1. The highest BCUT2D eigenvalue weighted by Crippen LogP contribution is 2.22. The number of carbonyl (C=O) groups excluding carboxylic acids is 1. The zero-order valence-electron chi connectivity index (χ0n) is 16.4. The van der Waals surface area contributed by atoms with E-state index in [1.807, 2.05) is 37.4 Å². The van der Waals surface area contributed by atoms with Crippen LogP contribution in [0.5, 0.6) is 0 Å². The molecule has 8 nitrogen and oxygen atoms in total. The second-order valence-electron chi connectivity index (χ2n) is 6.98. The molecule has 1 aromatic carbocycles. The smallest absolute Gasteiger partial charge is 0.259 e. The van der Waals surface area contributed by atoms with Crippen molar-refractivity contribution in [2.24, 2.45) is 0 Å². The van der Waals surface area contributed by atoms with Gasteiger partial charge in [-0.3, -0.25) is 19.4 Å². The third-order valence-electron chi connectivity index (χ3n) is 4.88. The summed E-state index contributed by atoms with van der Waals surface area (Å²) in [7, 11) is 0. The first-order valence-corrected chi connectivity index (χ1v) is 10.5. The topological polar surface area (TPSA) is 91.4 Å². The van der Waals surface area contributed by atoms with E-state index in [1.54, 1.807) is 11.0 Å². The number of morpholine rings is 1. The molecule has 1 aliphatic rings. The molecule has 0 saturated carbocycles. The van der Waals surface area contributed by atoms with Gasteiger partial charge in [-0.1, -0.05) is 12.1 Å². The Hall–Kier alpha value is -2.62. The molecule has 29 heavy (non-hydrogen) atoms. The lowest BCUT2D eigenvalue weighted by molar-refractivity contribution is -0.136. The molecule has 1 aliphatic heterocycles. The number of hydrogen-bond acceptors (Lipinski definition) is 7. The SMILES string of the molecule is CCN(C(=O)C1CN(Cc2nc3ccccc3c(=O)[nH]2)CCO1)c1nc(C)cs1. The van der Waals surface area contributed by atoms with Gasteiger partial charge in [-0.05, 0) is 26.0 Å². The molecular formula is C20H23N5O3S. The van der Waals surface area contributed by atoms with Gasteiger partial charge in [-0.25, -0.2) is 9.97 Å². The summed E-state index contributed by atoms with van der Waals surface area (Å²) in [5, 5.41) is 3.20. The number of fused-ring (bicyclic) bond motifs is 1. The van der Waals surface area contributed by atoms with Gasteiger partial charge in [0.05, 0.1) is 29.7 Å². The molecule has 1 saturated heterocycles. The number of nitrogens with one attached hydrogen (secondary N) is 1. The van der Waals surface area contributed by atoms with Crippen molar-refractivity contribution in [3.63, 3.8) is 0 Å². The summed E-state index contributed by atoms with van der Waals surface area (Å²) in [5.41, 5.74) is 1.42. The van der Waals surface area contributed by atoms with Gasteiger partial charge in [0.1, 0.15) is 11.9 Å². The third kappa shape index (κ3) is 4.21. The van der Waals surface area contributed by atoms with Gasteiger partial charge in [0.15, 0.2) is 5.13 Å². The number of para-hydroxylation sites is 1. The first kappa shape index (κ1) is 19.7. The van der Waals surface area contributed by atoms with Gasteiger partial charge in [0.25, 0.3) is 11.5 Å². The first-order valence-electron chi connectivity index (χ1n) is 9.60. The zero-order valence-corrected chi connectivity index (χ0v) is 17.2. The normalized spacial score (nSPS) is 17.5. The molecule has 3 aromatic rings. The van der Waals surface area contributed by atoms with Crippen LogP contribution in [0.1, 0.15) is 18.4 Å². The Morgan fingerprint density at radius 1 is 1.38 bits per heavy atom. The standard InChI is InChI=1S/C20H23N5O3S/c1-3-25(20-21-13(2)12-29-20)19(27)16-10-24(8-9-28-16)11-17-22-15-7-5-4-6-14(15)18(26)23-17/h4-7,12,16H,3,8-11H2,1-2H3,(H,22,23,26). The van der Waals surface area contributed by atoms with Gasteiger partial charge in [0, 0.05) is 25.0 Å². The molecule has 2 aromatic heterocycles. The minimum Gasteiger partial charge on any atom is -0.366 e. The van der Waals surface area contributed by atoms with Crippen LogP contribution >= 0.6 is 11.3 Å². The maximum Gasteiger partial charge on any atom is 0.259 e. The lowest BCUT2D eigenvalue weighted by atomic mass is 10.2. The fourth-order valence-electron chi connectivity index (χ4n) is 3.44. The van der Waals surface area contributed by atoms with E-state index in [1.165, 1.54) is 11.3 Å². The van der Waals surface area contributed by atoms with E-state index < -0.39 is 6.10 Å². The van der Waals surface area contributed by atoms with Crippen molar-refractivity contribution in [2.75, 3.05) is 31.1 Å². The lowest BCUT2D eigenvalue weighted by Crippen LogP contribution is -2.51. The number of hydrogen-bond donors (Lipinski definition) is 1. The van der Waals surface area contributed by atoms with Crippen molar-refractivity contribution in [2.45, 2.75) is 26.5 Å². The number of carbonyl (C=O) groups is 1. The Morgan fingerprint density at radius 3 is 2.97 bits per heavy atom. The molecule has 9 heteroatoms. The van der Waals surface area contributed by atoms with Crippen molar-refractivity contribution in [1.82, 2.24) is 19.9 Å². The van der Waals surface area contributed by atoms with E-state index in [9.17, 15) is 9.59 Å². The number of aryl methyl sites for hydroxylation is 1. The molecule has 1 unspecified atom stereocenters. The molecule has 1 fully saturated rings. The van der Waals surface area contributed by atoms with Crippen molar-refractivity contribution in [3.8, 4) is 0 Å². The van der Waals surface area contributed by atoms with Crippen molar-refractivity contribution >= 4 is 33.3 Å². The number of benzene rings is 1. The maximum absolute atomic E-state index is 13.0. The van der Waals surface area contributed by atoms with Crippen LogP contribution in [0.3, 0.4) is 0 Å². The van der Waals surface area contributed by atoms with Crippen LogP contribution in [0, 0.1) is 6.92 Å². The van der Waals surface area contributed by atoms with E-state index in [0.717, 1.165) is 5.69 Å². The molecule has 3 heterocycles. The third-order valence-corrected chi connectivity index (χ3v) is 5.86. The highest BCUT2D eigenvalue weighted by Gasteiger charge is 2.31. The van der Waals surface area contributed by atoms with E-state index in [0.29, 0.717) is 54.6 Å². The van der Waals surface area contributed by atoms with Crippen molar-refractivity contribution in [1.29, 1.82) is 0 Å². The van der Waals surface area contributed by atoms with Gasteiger partial charge >= 0.3 is 0 Å². The Morgan fingerprint density at radius 2 is 2.21 bits per heavy atom. The Labute approximate surface area is 172 Å². The molecule has 1 N–H and O–H groups in total. The Balaban J connectivity index is 1.48. The average molecular weight is 414 g/mol. The van der Waals surface area contributed by atoms with Crippen LogP contribution in [0.25, 0.3) is 10.9 Å². The number of aromatic nitrogens is 3. The number of amides is 1. The van der Waals surface area contributed by atoms with Gasteiger partial charge in [-0.2, -0.15) is 0 Å². The summed E-state index contributed by atoms with van der Waals surface area (Å²) in [6.45, 7) is 6.38. The molecule has 0 spiro atoms. The molecular weight excluding hydrogens is 390 g/mol. The summed E-state index contributed by atoms with van der Waals surface area (Å²) in [4.78, 5) is 40.9. The number of rotatable bonds is 5. The summed E-state index contributed by atoms with van der Waals surface area (Å²) < 4.78 is 5.76. The Kier molecular flexibility index (Phi) is 5.70. The largest absolute Gasteiger partial charge is 0.366 e. The van der Waals surface area contributed by atoms with Crippen LogP contribution in [-0.2, 0) is 16.1 Å². The predicted octanol–water partition coefficient (Wildman–Crippen LogP) is 1.94. The number of likely N-dealkylation sites (N-methyl/N-ethyl adjacent to an activating group) is 1. The fraction of sp³-hybridized carbons (Fsp3) is 0.400.